The van der Waals surface area contributed by atoms with Crippen molar-refractivity contribution in [3.63, 3.8) is 0 Å². The molecule has 5 heteroatoms. The molecule has 1 atom stereocenters. The maximum atomic E-state index is 8.91. The maximum Gasteiger partial charge on any atom is 0.149 e. The van der Waals surface area contributed by atoms with Crippen molar-refractivity contribution in [1.29, 1.82) is 0 Å². The molecule has 1 aromatic heterocycles. The van der Waals surface area contributed by atoms with E-state index in [2.05, 4.69) is 9.97 Å². The second-order valence-electron chi connectivity index (χ2n) is 2.84. The van der Waals surface area contributed by atoms with E-state index in [1.165, 1.54) is 6.20 Å². The van der Waals surface area contributed by atoms with Crippen molar-refractivity contribution < 1.29 is 5.11 Å². The fourth-order valence-corrected chi connectivity index (χ4v) is 0.994. The molecule has 0 saturated carbocycles. The highest BCUT2D eigenvalue weighted by Crippen LogP contribution is 2.12. The molecule has 0 unspecified atom stereocenters. The van der Waals surface area contributed by atoms with Crippen molar-refractivity contribution in [1.82, 2.24) is 9.97 Å². The molecule has 72 valence electrons. The van der Waals surface area contributed by atoms with Gasteiger partial charge in [-0.15, -0.1) is 0 Å². The fraction of sp³-hybridized carbons (Fsp3) is 0.500. The lowest BCUT2D eigenvalue weighted by atomic mass is 10.3. The number of nitrogens with zero attached hydrogens (tertiary/aromatic N) is 3. The Morgan fingerprint density at radius 2 is 2.31 bits per heavy atom. The monoisotopic (exact) mass is 201 g/mol. The molecule has 0 aliphatic rings. The zero-order valence-electron chi connectivity index (χ0n) is 7.61. The van der Waals surface area contributed by atoms with E-state index in [1.807, 2.05) is 18.9 Å². The minimum atomic E-state index is 0.00719. The highest BCUT2D eigenvalue weighted by molar-refractivity contribution is 6.29. The van der Waals surface area contributed by atoms with Gasteiger partial charge in [-0.3, -0.25) is 4.98 Å². The predicted molar refractivity (Wildman–Crippen MR) is 52.0 cm³/mol. The third-order valence-corrected chi connectivity index (χ3v) is 2.06. The van der Waals surface area contributed by atoms with Crippen LogP contribution in [0.4, 0.5) is 5.82 Å². The van der Waals surface area contributed by atoms with Crippen molar-refractivity contribution >= 4 is 17.4 Å². The number of rotatable bonds is 3. The summed E-state index contributed by atoms with van der Waals surface area (Å²) < 4.78 is 0. The van der Waals surface area contributed by atoms with E-state index >= 15 is 0 Å². The molecule has 0 aromatic carbocycles. The van der Waals surface area contributed by atoms with Crippen molar-refractivity contribution in [3.05, 3.63) is 17.5 Å². The van der Waals surface area contributed by atoms with Crippen molar-refractivity contribution in [2.45, 2.75) is 13.0 Å². The Labute approximate surface area is 82.2 Å². The Morgan fingerprint density at radius 3 is 2.85 bits per heavy atom. The van der Waals surface area contributed by atoms with E-state index in [0.29, 0.717) is 11.0 Å². The minimum absolute atomic E-state index is 0.00719. The number of hydrogen-bond donors (Lipinski definition) is 1. The molecule has 0 bridgehead atoms. The average Bonchev–Trinajstić information content (AvgIpc) is 2.15. The van der Waals surface area contributed by atoms with Gasteiger partial charge in [0.15, 0.2) is 0 Å². The second kappa shape index (κ2) is 4.39. The molecule has 0 amide bonds. The molecule has 4 nitrogen and oxygen atoms in total. The molecule has 13 heavy (non-hydrogen) atoms. The molecule has 1 heterocycles. The van der Waals surface area contributed by atoms with Gasteiger partial charge in [-0.2, -0.15) is 0 Å². The third-order valence-electron chi connectivity index (χ3n) is 1.88. The molecule has 0 spiro atoms. The van der Waals surface area contributed by atoms with Crippen LogP contribution in [0.3, 0.4) is 0 Å². The second-order valence-corrected chi connectivity index (χ2v) is 3.23. The Bertz CT molecular complexity index is 282. The van der Waals surface area contributed by atoms with Crippen LogP contribution in [0.15, 0.2) is 12.4 Å². The van der Waals surface area contributed by atoms with Crippen molar-refractivity contribution in [2.24, 2.45) is 0 Å². The van der Waals surface area contributed by atoms with Crippen LogP contribution in [0.5, 0.6) is 0 Å². The molecule has 0 saturated heterocycles. The van der Waals surface area contributed by atoms with E-state index in [-0.39, 0.29) is 12.6 Å². The zero-order valence-corrected chi connectivity index (χ0v) is 8.36. The molecule has 1 aromatic rings. The Hall–Kier alpha value is -0.870. The average molecular weight is 202 g/mol. The number of aliphatic hydroxyl groups is 1. The van der Waals surface area contributed by atoms with Gasteiger partial charge in [-0.25, -0.2) is 4.98 Å². The largest absolute Gasteiger partial charge is 0.394 e. The van der Waals surface area contributed by atoms with Crippen LogP contribution in [0.25, 0.3) is 0 Å². The van der Waals surface area contributed by atoms with E-state index in [4.69, 9.17) is 16.7 Å². The van der Waals surface area contributed by atoms with Gasteiger partial charge in [-0.05, 0) is 6.92 Å². The first-order chi connectivity index (χ1) is 6.15. The van der Waals surface area contributed by atoms with E-state index in [1.54, 1.807) is 6.20 Å². The Kier molecular flexibility index (Phi) is 3.45. The molecule has 0 fully saturated rings. The first-order valence-corrected chi connectivity index (χ1v) is 4.34. The van der Waals surface area contributed by atoms with E-state index in [0.717, 1.165) is 0 Å². The van der Waals surface area contributed by atoms with Crippen LogP contribution in [-0.4, -0.2) is 34.8 Å². The Morgan fingerprint density at radius 1 is 1.62 bits per heavy atom. The SMILES string of the molecule is C[C@@H](CO)N(C)c1cncc(Cl)n1. The third kappa shape index (κ3) is 2.54. The molecule has 0 aliphatic heterocycles. The standard InChI is InChI=1S/C8H12ClN3O/c1-6(5-13)12(2)8-4-10-3-7(9)11-8/h3-4,6,13H,5H2,1-2H3/t6-/m0/s1. The lowest BCUT2D eigenvalue weighted by molar-refractivity contribution is 0.269. The van der Waals surface area contributed by atoms with Gasteiger partial charge >= 0.3 is 0 Å². The van der Waals surface area contributed by atoms with Gasteiger partial charge in [-0.1, -0.05) is 11.6 Å². The highest BCUT2D eigenvalue weighted by Gasteiger charge is 2.10. The molecular weight excluding hydrogens is 190 g/mol. The lowest BCUT2D eigenvalue weighted by Gasteiger charge is -2.23. The summed E-state index contributed by atoms with van der Waals surface area (Å²) in [5.74, 6) is 0.661. The van der Waals surface area contributed by atoms with Crippen molar-refractivity contribution in [3.8, 4) is 0 Å². The summed E-state index contributed by atoms with van der Waals surface area (Å²) in [7, 11) is 1.83. The first kappa shape index (κ1) is 10.2. The summed E-state index contributed by atoms with van der Waals surface area (Å²) in [4.78, 5) is 9.78. The van der Waals surface area contributed by atoms with Crippen LogP contribution in [0, 0.1) is 0 Å². The summed E-state index contributed by atoms with van der Waals surface area (Å²) in [6.45, 7) is 1.97. The van der Waals surface area contributed by atoms with Crippen LogP contribution < -0.4 is 4.90 Å². The molecule has 0 aliphatic carbocycles. The maximum absolute atomic E-state index is 8.91. The fourth-order valence-electron chi connectivity index (χ4n) is 0.851. The quantitative estimate of drug-likeness (QED) is 0.791. The summed E-state index contributed by atoms with van der Waals surface area (Å²) in [6, 6.07) is 0.00719. The Balaban J connectivity index is 2.82. The number of anilines is 1. The van der Waals surface area contributed by atoms with Crippen LogP contribution >= 0.6 is 11.6 Å². The van der Waals surface area contributed by atoms with Gasteiger partial charge in [0.1, 0.15) is 11.0 Å². The van der Waals surface area contributed by atoms with Gasteiger partial charge in [0.2, 0.25) is 0 Å². The summed E-state index contributed by atoms with van der Waals surface area (Å²) in [6.07, 6.45) is 3.08. The number of hydrogen-bond acceptors (Lipinski definition) is 4. The van der Waals surface area contributed by atoms with Crippen LogP contribution in [-0.2, 0) is 0 Å². The molecule has 0 radical (unpaired) electrons. The zero-order chi connectivity index (χ0) is 9.84. The molecule has 1 N–H and O–H groups in total. The van der Waals surface area contributed by atoms with E-state index in [9.17, 15) is 0 Å². The normalized spacial score (nSPS) is 12.6. The number of halogens is 1. The summed E-state index contributed by atoms with van der Waals surface area (Å²) in [5, 5.41) is 9.27. The summed E-state index contributed by atoms with van der Waals surface area (Å²) in [5.41, 5.74) is 0. The first-order valence-electron chi connectivity index (χ1n) is 3.96. The van der Waals surface area contributed by atoms with Crippen LogP contribution in [0.1, 0.15) is 6.92 Å². The molecule has 1 rings (SSSR count). The van der Waals surface area contributed by atoms with E-state index < -0.39 is 0 Å². The summed E-state index contributed by atoms with van der Waals surface area (Å²) >= 11 is 5.67. The highest BCUT2D eigenvalue weighted by atomic mass is 35.5. The predicted octanol–water partition coefficient (Wildman–Crippen LogP) is 0.947. The number of likely N-dealkylation sites (N-methyl/N-ethyl adjacent to an activating group) is 1. The number of aromatic nitrogens is 2. The number of aliphatic hydroxyl groups excluding tert-OH is 1. The lowest BCUT2D eigenvalue weighted by Crippen LogP contribution is -2.32. The topological polar surface area (TPSA) is 49.2 Å². The van der Waals surface area contributed by atoms with Gasteiger partial charge < -0.3 is 10.0 Å². The van der Waals surface area contributed by atoms with Crippen molar-refractivity contribution in [2.75, 3.05) is 18.6 Å². The smallest absolute Gasteiger partial charge is 0.149 e. The van der Waals surface area contributed by atoms with Gasteiger partial charge in [0, 0.05) is 7.05 Å². The minimum Gasteiger partial charge on any atom is -0.394 e. The van der Waals surface area contributed by atoms with Gasteiger partial charge in [0.05, 0.1) is 25.0 Å². The molecular formula is C8H12ClN3O. The van der Waals surface area contributed by atoms with Crippen LogP contribution in [0.2, 0.25) is 5.15 Å². The van der Waals surface area contributed by atoms with Gasteiger partial charge in [0.25, 0.3) is 0 Å².